The molecule has 3 N–H and O–H groups in total. The molecule has 0 aliphatic carbocycles. The Hall–Kier alpha value is -3.21. The molecule has 222 valence electrons. The predicted molar refractivity (Wildman–Crippen MR) is 160 cm³/mol. The maximum absolute atomic E-state index is 15.3. The lowest BCUT2D eigenvalue weighted by Gasteiger charge is -2.40. The number of nitrogens with zero attached hydrogens (tertiary/aromatic N) is 2. The molecule has 0 spiro atoms. The maximum Gasteiger partial charge on any atom is 0.273 e. The molecular formula is C29H42B2FN3O6. The van der Waals surface area contributed by atoms with Gasteiger partial charge < -0.3 is 34.9 Å². The highest BCUT2D eigenvalue weighted by Gasteiger charge is 2.41. The van der Waals surface area contributed by atoms with E-state index in [-0.39, 0.29) is 32.6 Å². The van der Waals surface area contributed by atoms with Crippen molar-refractivity contribution in [1.82, 2.24) is 15.1 Å². The van der Waals surface area contributed by atoms with E-state index >= 15 is 4.39 Å². The Balaban J connectivity index is 2.32. The summed E-state index contributed by atoms with van der Waals surface area (Å²) < 4.78 is 21.3. The lowest BCUT2D eigenvalue weighted by Crippen LogP contribution is -2.57. The van der Waals surface area contributed by atoms with Gasteiger partial charge in [-0.1, -0.05) is 38.1 Å². The quantitative estimate of drug-likeness (QED) is 0.144. The number of ether oxygens (including phenoxy) is 1. The zero-order chi connectivity index (χ0) is 30.8. The first-order valence-corrected chi connectivity index (χ1v) is 13.8. The van der Waals surface area contributed by atoms with E-state index in [9.17, 15) is 24.6 Å². The van der Waals surface area contributed by atoms with Gasteiger partial charge in [-0.25, -0.2) is 4.39 Å². The first-order valence-electron chi connectivity index (χ1n) is 13.8. The highest BCUT2D eigenvalue weighted by Crippen LogP contribution is 2.30. The standard InChI is InChI=1S/C29H42B2FN3O6/c1-20(2)16-34(12-14-37)29(30,31)23-10-9-22(25(32)15-23)18-41-26-8-5-7-21(3)24(26)17-35(19-38)28(40,11-6-13-36)27(39)33-4/h5,7-10,13,15,19-20,37,40H,6,11-12,14,16-18,30-31H2,1-4H3,(H,33,39). The van der Waals surface area contributed by atoms with Crippen molar-refractivity contribution >= 4 is 34.3 Å². The molecule has 0 aliphatic rings. The Morgan fingerprint density at radius 1 is 1.22 bits per heavy atom. The third kappa shape index (κ3) is 8.40. The number of aliphatic hydroxyl groups is 2. The van der Waals surface area contributed by atoms with Crippen LogP contribution in [0.25, 0.3) is 0 Å². The molecule has 1 atom stereocenters. The van der Waals surface area contributed by atoms with Crippen LogP contribution in [0.15, 0.2) is 36.4 Å². The Kier molecular flexibility index (Phi) is 12.6. The predicted octanol–water partition coefficient (Wildman–Crippen LogP) is 0.412. The van der Waals surface area contributed by atoms with Crippen LogP contribution in [0.3, 0.4) is 0 Å². The molecule has 41 heavy (non-hydrogen) atoms. The fourth-order valence-corrected chi connectivity index (χ4v) is 4.83. The number of rotatable bonds is 17. The smallest absolute Gasteiger partial charge is 0.273 e. The zero-order valence-corrected chi connectivity index (χ0v) is 24.9. The van der Waals surface area contributed by atoms with Crippen LogP contribution >= 0.6 is 0 Å². The highest BCUT2D eigenvalue weighted by atomic mass is 19.1. The summed E-state index contributed by atoms with van der Waals surface area (Å²) in [6, 6.07) is 10.2. The second-order valence-corrected chi connectivity index (χ2v) is 11.1. The van der Waals surface area contributed by atoms with Gasteiger partial charge >= 0.3 is 0 Å². The molecule has 2 aromatic rings. The van der Waals surface area contributed by atoms with Gasteiger partial charge in [0, 0.05) is 37.6 Å². The Morgan fingerprint density at radius 3 is 2.49 bits per heavy atom. The van der Waals surface area contributed by atoms with E-state index in [0.717, 1.165) is 22.6 Å². The summed E-state index contributed by atoms with van der Waals surface area (Å²) in [5, 5.41) is 22.5. The minimum absolute atomic E-state index is 0.00250. The number of hydrogen-bond donors (Lipinski definition) is 3. The second kappa shape index (κ2) is 15.1. The molecule has 0 heterocycles. The molecule has 2 amide bonds. The number of aldehydes is 1. The van der Waals surface area contributed by atoms with Crippen LogP contribution in [0, 0.1) is 18.7 Å². The Morgan fingerprint density at radius 2 is 1.93 bits per heavy atom. The maximum atomic E-state index is 15.3. The van der Waals surface area contributed by atoms with Crippen molar-refractivity contribution in [2.24, 2.45) is 5.92 Å². The lowest BCUT2D eigenvalue weighted by molar-refractivity contribution is -0.171. The molecule has 1 unspecified atom stereocenters. The Labute approximate surface area is 243 Å². The van der Waals surface area contributed by atoms with Crippen LogP contribution in [0.4, 0.5) is 4.39 Å². The Bertz CT molecular complexity index is 1200. The van der Waals surface area contributed by atoms with Gasteiger partial charge in [0.05, 0.1) is 13.2 Å². The highest BCUT2D eigenvalue weighted by molar-refractivity contribution is 6.39. The van der Waals surface area contributed by atoms with Crippen LogP contribution in [-0.2, 0) is 32.9 Å². The van der Waals surface area contributed by atoms with Gasteiger partial charge in [0.15, 0.2) is 0 Å². The number of aliphatic hydroxyl groups excluding tert-OH is 1. The SMILES string of the molecule is BC(B)(c1ccc(COc2cccc(C)c2CN(C=O)C(O)(CCC=O)C(=O)NC)c(F)c1)N(CCO)CC(C)C. The number of likely N-dealkylation sites (N-methyl/N-ethyl adjacent to an activating group) is 1. The van der Waals surface area contributed by atoms with Crippen molar-refractivity contribution in [3.05, 3.63) is 64.5 Å². The van der Waals surface area contributed by atoms with Crippen LogP contribution in [0.2, 0.25) is 0 Å². The molecule has 0 bridgehead atoms. The monoisotopic (exact) mass is 569 g/mol. The van der Waals surface area contributed by atoms with Gasteiger partial charge in [-0.3, -0.25) is 9.59 Å². The summed E-state index contributed by atoms with van der Waals surface area (Å²) in [5.41, 5.74) is 0.116. The molecule has 0 saturated heterocycles. The van der Waals surface area contributed by atoms with E-state index < -0.39 is 22.8 Å². The lowest BCUT2D eigenvalue weighted by atomic mass is 9.56. The van der Waals surface area contributed by atoms with E-state index in [2.05, 4.69) is 24.1 Å². The van der Waals surface area contributed by atoms with Crippen molar-refractivity contribution in [3.63, 3.8) is 0 Å². The second-order valence-electron chi connectivity index (χ2n) is 11.1. The first kappa shape index (κ1) is 34.0. The van der Waals surface area contributed by atoms with Crippen LogP contribution in [0.5, 0.6) is 5.75 Å². The summed E-state index contributed by atoms with van der Waals surface area (Å²) in [7, 11) is 5.33. The molecule has 0 aliphatic heterocycles. The summed E-state index contributed by atoms with van der Waals surface area (Å²) >= 11 is 0. The van der Waals surface area contributed by atoms with Gasteiger partial charge in [0.2, 0.25) is 12.1 Å². The average molecular weight is 569 g/mol. The molecular weight excluding hydrogens is 527 g/mol. The third-order valence-corrected chi connectivity index (χ3v) is 7.39. The van der Waals surface area contributed by atoms with Crippen molar-refractivity contribution in [3.8, 4) is 5.75 Å². The van der Waals surface area contributed by atoms with Gasteiger partial charge in [0.25, 0.3) is 5.91 Å². The number of amides is 2. The average Bonchev–Trinajstić information content (AvgIpc) is 2.93. The largest absolute Gasteiger partial charge is 0.488 e. The fraction of sp³-hybridized carbons (Fsp3) is 0.483. The minimum Gasteiger partial charge on any atom is -0.488 e. The number of aryl methyl sites for hydroxylation is 1. The fourth-order valence-electron chi connectivity index (χ4n) is 4.83. The molecule has 2 aromatic carbocycles. The van der Waals surface area contributed by atoms with Gasteiger partial charge in [-0.05, 0) is 48.0 Å². The first-order chi connectivity index (χ1) is 19.3. The summed E-state index contributed by atoms with van der Waals surface area (Å²) in [5.74, 6) is -0.523. The number of halogens is 1. The van der Waals surface area contributed by atoms with E-state index in [0.29, 0.717) is 42.0 Å². The summed E-state index contributed by atoms with van der Waals surface area (Å²) in [4.78, 5) is 38.6. The van der Waals surface area contributed by atoms with Crippen molar-refractivity contribution in [2.45, 2.75) is 57.8 Å². The molecule has 0 radical (unpaired) electrons. The van der Waals surface area contributed by atoms with Crippen LogP contribution in [0.1, 0.15) is 48.9 Å². The van der Waals surface area contributed by atoms with Crippen LogP contribution < -0.4 is 10.1 Å². The van der Waals surface area contributed by atoms with E-state index in [1.807, 2.05) is 21.8 Å². The normalized spacial score (nSPS) is 13.1. The molecule has 12 heteroatoms. The van der Waals surface area contributed by atoms with Crippen molar-refractivity contribution in [1.29, 1.82) is 0 Å². The molecule has 0 fully saturated rings. The third-order valence-electron chi connectivity index (χ3n) is 7.39. The number of hydrogen-bond acceptors (Lipinski definition) is 7. The van der Waals surface area contributed by atoms with E-state index in [1.54, 1.807) is 31.2 Å². The minimum atomic E-state index is -2.24. The molecule has 2 rings (SSSR count). The van der Waals surface area contributed by atoms with E-state index in [1.165, 1.54) is 13.1 Å². The molecule has 0 aromatic heterocycles. The van der Waals surface area contributed by atoms with Gasteiger partial charge in [-0.15, -0.1) is 0 Å². The number of carbonyl (C=O) groups excluding carboxylic acids is 3. The summed E-state index contributed by atoms with van der Waals surface area (Å²) in [6.45, 7) is 6.93. The van der Waals surface area contributed by atoms with Gasteiger partial charge in [0.1, 0.15) is 40.2 Å². The molecule has 9 nitrogen and oxygen atoms in total. The topological polar surface area (TPSA) is 119 Å². The van der Waals surface area contributed by atoms with E-state index in [4.69, 9.17) is 4.74 Å². The zero-order valence-electron chi connectivity index (χ0n) is 24.9. The van der Waals surface area contributed by atoms with Crippen LogP contribution in [-0.4, -0.2) is 86.8 Å². The summed E-state index contributed by atoms with van der Waals surface area (Å²) in [6.07, 6.45) is 0.509. The van der Waals surface area contributed by atoms with Gasteiger partial charge in [-0.2, -0.15) is 0 Å². The number of benzene rings is 2. The van der Waals surface area contributed by atoms with Crippen molar-refractivity contribution < 1.29 is 33.7 Å². The van der Waals surface area contributed by atoms with Crippen molar-refractivity contribution in [2.75, 3.05) is 26.7 Å². The number of nitrogens with one attached hydrogen (secondary N) is 1. The number of carbonyl (C=O) groups is 3. The molecule has 0 saturated carbocycles.